The Balaban J connectivity index is 1.68. The number of nitrogens with zero attached hydrogens (tertiary/aromatic N) is 2. The molecule has 1 fully saturated rings. The molecule has 0 aromatic heterocycles. The molecule has 2 aromatic rings. The lowest BCUT2D eigenvalue weighted by Crippen LogP contribution is -2.43. The van der Waals surface area contributed by atoms with Crippen molar-refractivity contribution >= 4 is 11.9 Å². The van der Waals surface area contributed by atoms with Crippen molar-refractivity contribution < 1.29 is 14.3 Å². The van der Waals surface area contributed by atoms with Gasteiger partial charge < -0.3 is 19.7 Å². The molecule has 6 heteroatoms. The van der Waals surface area contributed by atoms with Crippen molar-refractivity contribution in [3.05, 3.63) is 59.7 Å². The van der Waals surface area contributed by atoms with Crippen LogP contribution in [0.4, 0.5) is 0 Å². The number of aliphatic imine (C=N–C) groups is 1. The fourth-order valence-corrected chi connectivity index (χ4v) is 3.66. The number of hydrogen-bond donors (Lipinski definition) is 1. The van der Waals surface area contributed by atoms with E-state index in [4.69, 9.17) is 9.47 Å². The number of fused-ring (bicyclic) bond motifs is 3. The van der Waals surface area contributed by atoms with Gasteiger partial charge in [-0.25, -0.2) is 0 Å². The highest BCUT2D eigenvalue weighted by Crippen LogP contribution is 2.32. The topological polar surface area (TPSA) is 63.2 Å². The van der Waals surface area contributed by atoms with Crippen molar-refractivity contribution in [2.45, 2.75) is 26.1 Å². The number of amidine groups is 1. The van der Waals surface area contributed by atoms with Crippen LogP contribution in [0.25, 0.3) is 11.1 Å². The van der Waals surface area contributed by atoms with Crippen molar-refractivity contribution in [2.24, 2.45) is 4.99 Å². The van der Waals surface area contributed by atoms with Gasteiger partial charge in [0.05, 0.1) is 13.2 Å². The van der Waals surface area contributed by atoms with Crippen LogP contribution >= 0.6 is 0 Å². The van der Waals surface area contributed by atoms with Gasteiger partial charge in [0, 0.05) is 26.2 Å². The van der Waals surface area contributed by atoms with Gasteiger partial charge in [0.2, 0.25) is 0 Å². The van der Waals surface area contributed by atoms with Crippen LogP contribution < -0.4 is 5.32 Å². The Labute approximate surface area is 165 Å². The third kappa shape index (κ3) is 3.93. The van der Waals surface area contributed by atoms with E-state index in [1.165, 1.54) is 22.3 Å². The van der Waals surface area contributed by atoms with Gasteiger partial charge in [-0.1, -0.05) is 48.5 Å². The van der Waals surface area contributed by atoms with E-state index in [-0.39, 0.29) is 5.91 Å². The fraction of sp³-hybridized carbons (Fsp3) is 0.364. The van der Waals surface area contributed by atoms with E-state index in [9.17, 15) is 4.79 Å². The van der Waals surface area contributed by atoms with E-state index in [2.05, 4.69) is 46.7 Å². The second-order valence-corrected chi connectivity index (χ2v) is 6.90. The van der Waals surface area contributed by atoms with Crippen molar-refractivity contribution in [1.29, 1.82) is 0 Å². The average molecular weight is 379 g/mol. The molecule has 2 aliphatic rings. The maximum atomic E-state index is 12.6. The highest BCUT2D eigenvalue weighted by Gasteiger charge is 2.26. The average Bonchev–Trinajstić information content (AvgIpc) is 2.91. The molecule has 0 saturated carbocycles. The SMILES string of the molecule is CCOC(=NC(=O)C1CNCCO1)N1Cc2ccccc2-c2ccccc2C1. The summed E-state index contributed by atoms with van der Waals surface area (Å²) in [5.41, 5.74) is 4.79. The molecule has 0 spiro atoms. The Morgan fingerprint density at radius 2 is 1.79 bits per heavy atom. The molecule has 4 rings (SSSR count). The van der Waals surface area contributed by atoms with E-state index in [0.29, 0.717) is 38.9 Å². The largest absolute Gasteiger partial charge is 0.465 e. The number of hydrogen-bond acceptors (Lipinski definition) is 4. The highest BCUT2D eigenvalue weighted by molar-refractivity contribution is 5.93. The van der Waals surface area contributed by atoms with Gasteiger partial charge in [-0.15, -0.1) is 0 Å². The Morgan fingerprint density at radius 1 is 1.14 bits per heavy atom. The highest BCUT2D eigenvalue weighted by atomic mass is 16.5. The minimum absolute atomic E-state index is 0.304. The Hall–Kier alpha value is -2.70. The van der Waals surface area contributed by atoms with Crippen LogP contribution in [0.5, 0.6) is 0 Å². The number of morpholine rings is 1. The Kier molecular flexibility index (Phi) is 5.69. The second kappa shape index (κ2) is 8.54. The van der Waals surface area contributed by atoms with Crippen LogP contribution in [-0.2, 0) is 27.4 Å². The quantitative estimate of drug-likeness (QED) is 0.642. The Morgan fingerprint density at radius 3 is 2.36 bits per heavy atom. The summed E-state index contributed by atoms with van der Waals surface area (Å²) in [7, 11) is 0. The van der Waals surface area contributed by atoms with Crippen molar-refractivity contribution in [2.75, 3.05) is 26.3 Å². The summed E-state index contributed by atoms with van der Waals surface area (Å²) >= 11 is 0. The lowest BCUT2D eigenvalue weighted by molar-refractivity contribution is -0.130. The zero-order valence-corrected chi connectivity index (χ0v) is 16.1. The van der Waals surface area contributed by atoms with Crippen molar-refractivity contribution in [1.82, 2.24) is 10.2 Å². The molecule has 0 radical (unpaired) electrons. The number of ether oxygens (including phenoxy) is 2. The van der Waals surface area contributed by atoms with E-state index in [1.807, 2.05) is 24.0 Å². The van der Waals surface area contributed by atoms with Crippen LogP contribution in [-0.4, -0.2) is 49.2 Å². The summed E-state index contributed by atoms with van der Waals surface area (Å²) < 4.78 is 11.4. The standard InChI is InChI=1S/C22H25N3O3/c1-2-27-22(24-21(26)20-13-23-11-12-28-20)25-14-16-7-3-5-9-18(16)19-10-6-4-8-17(19)15-25/h3-10,20,23H,2,11-15H2,1H3. The first kappa shape index (κ1) is 18.7. The van der Waals surface area contributed by atoms with Gasteiger partial charge in [-0.05, 0) is 29.2 Å². The number of rotatable bonds is 2. The molecule has 1 saturated heterocycles. The fourth-order valence-electron chi connectivity index (χ4n) is 3.66. The third-order valence-corrected chi connectivity index (χ3v) is 5.00. The summed E-state index contributed by atoms with van der Waals surface area (Å²) in [6, 6.07) is 17.1. The van der Waals surface area contributed by atoms with Crippen LogP contribution in [0, 0.1) is 0 Å². The van der Waals surface area contributed by atoms with E-state index in [1.54, 1.807) is 0 Å². The molecule has 2 heterocycles. The first-order chi connectivity index (χ1) is 13.8. The predicted molar refractivity (Wildman–Crippen MR) is 108 cm³/mol. The molecule has 1 unspecified atom stereocenters. The Bertz CT molecular complexity index is 827. The third-order valence-electron chi connectivity index (χ3n) is 5.00. The molecular formula is C22H25N3O3. The molecule has 6 nitrogen and oxygen atoms in total. The zero-order valence-electron chi connectivity index (χ0n) is 16.1. The lowest BCUT2D eigenvalue weighted by Gasteiger charge is -2.25. The van der Waals surface area contributed by atoms with Gasteiger partial charge in [0.25, 0.3) is 11.9 Å². The number of benzene rings is 2. The van der Waals surface area contributed by atoms with Gasteiger partial charge in [0.1, 0.15) is 0 Å². The maximum Gasteiger partial charge on any atom is 0.295 e. The van der Waals surface area contributed by atoms with E-state index >= 15 is 0 Å². The molecule has 0 bridgehead atoms. The van der Waals surface area contributed by atoms with Crippen molar-refractivity contribution in [3.63, 3.8) is 0 Å². The summed E-state index contributed by atoms with van der Waals surface area (Å²) in [6.45, 7) is 5.34. The molecule has 28 heavy (non-hydrogen) atoms. The summed E-state index contributed by atoms with van der Waals surface area (Å²) in [4.78, 5) is 19.0. The predicted octanol–water partition coefficient (Wildman–Crippen LogP) is 2.58. The van der Waals surface area contributed by atoms with Gasteiger partial charge >= 0.3 is 0 Å². The molecule has 146 valence electrons. The zero-order chi connectivity index (χ0) is 19.3. The first-order valence-corrected chi connectivity index (χ1v) is 9.75. The van der Waals surface area contributed by atoms with Crippen LogP contribution in [0.15, 0.2) is 53.5 Å². The normalized spacial score (nSPS) is 19.4. The minimum Gasteiger partial charge on any atom is -0.465 e. The smallest absolute Gasteiger partial charge is 0.295 e. The van der Waals surface area contributed by atoms with Crippen molar-refractivity contribution in [3.8, 4) is 11.1 Å². The summed E-state index contributed by atoms with van der Waals surface area (Å²) in [6.07, 6.45) is -0.559. The summed E-state index contributed by atoms with van der Waals surface area (Å²) in [5, 5.41) is 3.17. The molecular weight excluding hydrogens is 354 g/mol. The van der Waals surface area contributed by atoms with Gasteiger partial charge in [-0.2, -0.15) is 4.99 Å². The van der Waals surface area contributed by atoms with Gasteiger partial charge in [0.15, 0.2) is 6.10 Å². The second-order valence-electron chi connectivity index (χ2n) is 6.90. The molecule has 1 N–H and O–H groups in total. The number of carbonyl (C=O) groups is 1. The molecule has 2 aliphatic heterocycles. The molecule has 1 atom stereocenters. The lowest BCUT2D eigenvalue weighted by atomic mass is 9.97. The monoisotopic (exact) mass is 379 g/mol. The number of amides is 1. The minimum atomic E-state index is -0.559. The van der Waals surface area contributed by atoms with Gasteiger partial charge in [-0.3, -0.25) is 4.79 Å². The molecule has 2 aromatic carbocycles. The number of carbonyl (C=O) groups excluding carboxylic acids is 1. The van der Waals surface area contributed by atoms with E-state index < -0.39 is 6.10 Å². The molecule has 0 aliphatic carbocycles. The molecule has 1 amide bonds. The number of nitrogens with one attached hydrogen (secondary N) is 1. The van der Waals surface area contributed by atoms with Crippen LogP contribution in [0.3, 0.4) is 0 Å². The van der Waals surface area contributed by atoms with Crippen LogP contribution in [0.1, 0.15) is 18.1 Å². The van der Waals surface area contributed by atoms with Crippen LogP contribution in [0.2, 0.25) is 0 Å². The first-order valence-electron chi connectivity index (χ1n) is 9.75. The maximum absolute atomic E-state index is 12.6. The summed E-state index contributed by atoms with van der Waals surface area (Å²) in [5.74, 6) is -0.304. The van der Waals surface area contributed by atoms with E-state index in [0.717, 1.165) is 6.54 Å².